The van der Waals surface area contributed by atoms with Crippen LogP contribution in [-0.2, 0) is 35.5 Å². The van der Waals surface area contributed by atoms with Crippen LogP contribution in [0.4, 0.5) is 0 Å². The Bertz CT molecular complexity index is 2990. The van der Waals surface area contributed by atoms with Crippen molar-refractivity contribution in [2.24, 2.45) is 0 Å². The zero-order valence-corrected chi connectivity index (χ0v) is 41.0. The molecule has 10 rings (SSSR count). The largest absolute Gasteiger partial charge is 2.00 e. The molecule has 8 aromatic rings. The maximum Gasteiger partial charge on any atom is 2.00 e. The number of furan rings is 1. The molecular weight excluding hydrogens is 1030 g/mol. The Labute approximate surface area is 420 Å². The van der Waals surface area contributed by atoms with Gasteiger partial charge in [-0.15, -0.1) is 46.1 Å². The summed E-state index contributed by atoms with van der Waals surface area (Å²) < 4.78 is 39.4. The van der Waals surface area contributed by atoms with Crippen molar-refractivity contribution >= 4 is 64.3 Å². The second-order valence-corrected chi connectivity index (χ2v) is 17.2. The van der Waals surface area contributed by atoms with Crippen LogP contribution in [0.1, 0.15) is 38.2 Å². The summed E-state index contributed by atoms with van der Waals surface area (Å²) in [4.78, 5) is 48.5. The second-order valence-electron chi connectivity index (χ2n) is 14.2. The Morgan fingerprint density at radius 1 is 0.735 bits per heavy atom. The number of hydrogen-bond donors (Lipinski definition) is 0. The molecule has 0 saturated heterocycles. The van der Waals surface area contributed by atoms with Crippen molar-refractivity contribution in [2.45, 2.75) is 39.0 Å². The van der Waals surface area contributed by atoms with E-state index in [1.165, 1.54) is 70.2 Å². The molecule has 0 bridgehead atoms. The number of thiocarbonyl (C=S) groups is 1. The van der Waals surface area contributed by atoms with Gasteiger partial charge in [-0.3, -0.25) is 29.5 Å². The minimum atomic E-state index is 0. The average molecular weight is 1070 g/mol. The molecule has 0 saturated carbocycles. The van der Waals surface area contributed by atoms with Crippen molar-refractivity contribution in [1.29, 1.82) is 0 Å². The fourth-order valence-corrected chi connectivity index (χ4v) is 10.2. The van der Waals surface area contributed by atoms with Gasteiger partial charge in [-0.1, -0.05) is 38.4 Å². The van der Waals surface area contributed by atoms with Crippen LogP contribution >= 0.6 is 46.2 Å². The number of unbranched alkanes of at least 4 members (excludes halogenated alkanes) is 3. The van der Waals surface area contributed by atoms with Crippen LogP contribution in [0.2, 0.25) is 0 Å². The third kappa shape index (κ3) is 11.8. The molecule has 0 fully saturated rings. The number of aromatic nitrogens is 5. The third-order valence-electron chi connectivity index (χ3n) is 9.96. The van der Waals surface area contributed by atoms with Crippen molar-refractivity contribution in [3.63, 3.8) is 0 Å². The number of isothiocyanates is 1. The molecule has 0 radical (unpaired) electrons. The van der Waals surface area contributed by atoms with Crippen molar-refractivity contribution in [3.05, 3.63) is 107 Å². The molecule has 0 unspecified atom stereocenters. The molecule has 15 nitrogen and oxygen atoms in total. The number of rotatable bonds is 15. The van der Waals surface area contributed by atoms with Gasteiger partial charge in [-0.25, -0.2) is 4.98 Å². The maximum absolute atomic E-state index is 11.2. The van der Waals surface area contributed by atoms with Crippen LogP contribution in [0, 0.1) is 6.07 Å². The van der Waals surface area contributed by atoms with Crippen LogP contribution in [0.3, 0.4) is 0 Å². The summed E-state index contributed by atoms with van der Waals surface area (Å²) in [6, 6.07) is 19.0. The van der Waals surface area contributed by atoms with E-state index in [1.54, 1.807) is 60.3 Å². The van der Waals surface area contributed by atoms with E-state index in [0.29, 0.717) is 96.7 Å². The molecule has 0 spiro atoms. The number of fused-ring (bicyclic) bond motifs is 2. The molecule has 0 aliphatic carbocycles. The van der Waals surface area contributed by atoms with Gasteiger partial charge in [0.1, 0.15) is 37.9 Å². The number of pyridine rings is 3. The quantitative estimate of drug-likeness (QED) is 0.0235. The Morgan fingerprint density at radius 3 is 2.15 bits per heavy atom. The Kier molecular flexibility index (Phi) is 17.8. The number of thiophene rings is 3. The molecule has 2 aliphatic rings. The molecule has 0 N–H and O–H groups in total. The Hall–Kier alpha value is -6.53. The first-order chi connectivity index (χ1) is 33.0. The summed E-state index contributed by atoms with van der Waals surface area (Å²) in [7, 11) is 0. The van der Waals surface area contributed by atoms with Gasteiger partial charge in [-0.2, -0.15) is 5.16 Å². The van der Waals surface area contributed by atoms with Gasteiger partial charge in [0.15, 0.2) is 23.0 Å². The van der Waals surface area contributed by atoms with Gasteiger partial charge >= 0.3 is 19.5 Å². The van der Waals surface area contributed by atoms with Gasteiger partial charge in [-0.05, 0) is 65.9 Å². The Morgan fingerprint density at radius 2 is 1.41 bits per heavy atom. The average Bonchev–Trinajstić information content (AvgIpc) is 4.21. The first-order valence-electron chi connectivity index (χ1n) is 20.8. The van der Waals surface area contributed by atoms with Crippen LogP contribution in [0.15, 0.2) is 94.6 Å². The number of aryl methyl sites for hydroxylation is 1. The predicted molar refractivity (Wildman–Crippen MR) is 258 cm³/mol. The summed E-state index contributed by atoms with van der Waals surface area (Å²) in [5, 5.41) is 12.6. The third-order valence-corrected chi connectivity index (χ3v) is 13.2. The standard InChI is InChI=1S/C29H19N3O8S2.C18H19N2OS.CNS.Ru/c33-14-39-17-2-4-31-20(10-17)22-12-18(40-15-34)11-21(32-22)19-9-16(1-3-30-19)27-25-26(38-8-7-37-25)29(42-27)28-24-23(13-41-28)35-5-6-36-24;1-2-3-4-5-7-14-10-13-22-17(14)15-9-11-19-18(20-15)16-8-6-12-21-16;2-1-3;/h1-4,9-15H,5-8H2;6,9-13H,2-5,7H2,1H3;;/q;2*-1;+2. The van der Waals surface area contributed by atoms with E-state index in [0.717, 1.165) is 38.1 Å². The number of carbonyl (C=O) groups is 2. The van der Waals surface area contributed by atoms with E-state index in [2.05, 4.69) is 56.6 Å². The summed E-state index contributed by atoms with van der Waals surface area (Å²) >= 11 is 8.51. The van der Waals surface area contributed by atoms with Crippen LogP contribution < -0.4 is 28.4 Å². The summed E-state index contributed by atoms with van der Waals surface area (Å²) in [5.41, 5.74) is 4.96. The first-order valence-corrected chi connectivity index (χ1v) is 23.8. The van der Waals surface area contributed by atoms with E-state index >= 15 is 0 Å². The fourth-order valence-electron chi connectivity index (χ4n) is 7.05. The van der Waals surface area contributed by atoms with E-state index in [-0.39, 0.29) is 25.2 Å². The van der Waals surface area contributed by atoms with E-state index in [1.807, 2.05) is 23.6 Å². The normalized spacial score (nSPS) is 11.9. The number of carbonyl (C=O) groups excluding carboxylic acids is 2. The molecule has 0 aromatic carbocycles. The van der Waals surface area contributed by atoms with Gasteiger partial charge in [0, 0.05) is 47.9 Å². The summed E-state index contributed by atoms with van der Waals surface area (Å²) in [5.74, 6) is 4.48. The van der Waals surface area contributed by atoms with Crippen LogP contribution in [0.5, 0.6) is 34.5 Å². The maximum atomic E-state index is 11.2. The molecule has 8 aromatic heterocycles. The summed E-state index contributed by atoms with van der Waals surface area (Å²) in [6.07, 6.45) is 12.8. The number of nitrogens with zero attached hydrogens (tertiary/aromatic N) is 6. The molecular formula is C48H38N6O9RuS4. The molecule has 2 aliphatic heterocycles. The van der Waals surface area contributed by atoms with Gasteiger partial charge < -0.3 is 38.2 Å². The van der Waals surface area contributed by atoms with Crippen molar-refractivity contribution in [3.8, 4) is 99.6 Å². The number of ether oxygens (including phenoxy) is 6. The molecule has 68 heavy (non-hydrogen) atoms. The SMILES string of the molecule is CCCCCCc1ccsc1-c1ccnc(-c2[c-]cco2)n1.O=COc1ccnc(-c2cc(OC=O)cc(-c3cc(-c4sc(-c5scc6c5OCCO6)c5c4OCCO5)ccn3)n2)c1.[N-]=C=S.[Ru+2]. The van der Waals surface area contributed by atoms with Gasteiger partial charge in [0.25, 0.3) is 12.9 Å². The predicted octanol–water partition coefficient (Wildman–Crippen LogP) is 11.3. The molecule has 0 atom stereocenters. The summed E-state index contributed by atoms with van der Waals surface area (Å²) in [6.45, 7) is 4.76. The smallest absolute Gasteiger partial charge is 0.753 e. The molecule has 10 heterocycles. The Balaban J connectivity index is 0.000000222. The minimum absolute atomic E-state index is 0. The van der Waals surface area contributed by atoms with E-state index in [9.17, 15) is 9.59 Å². The minimum Gasteiger partial charge on any atom is -0.753 e. The first kappa shape index (κ1) is 49.4. The van der Waals surface area contributed by atoms with E-state index in [4.69, 9.17) is 43.2 Å². The van der Waals surface area contributed by atoms with Crippen molar-refractivity contribution in [2.75, 3.05) is 26.4 Å². The number of hydrogen-bond acceptors (Lipinski definition) is 18. The second kappa shape index (κ2) is 24.5. The van der Waals surface area contributed by atoms with Crippen molar-refractivity contribution < 1.29 is 61.9 Å². The zero-order valence-electron chi connectivity index (χ0n) is 36.0. The molecule has 346 valence electrons. The molecule has 0 amide bonds. The van der Waals surface area contributed by atoms with Crippen molar-refractivity contribution in [1.82, 2.24) is 24.9 Å². The monoisotopic (exact) mass is 1070 g/mol. The van der Waals surface area contributed by atoms with Gasteiger partial charge in [0.05, 0.1) is 53.8 Å². The molecule has 20 heteroatoms. The van der Waals surface area contributed by atoms with E-state index < -0.39 is 0 Å². The fraction of sp³-hybridized carbons (Fsp3) is 0.208. The van der Waals surface area contributed by atoms with Crippen LogP contribution in [-0.4, -0.2) is 69.5 Å². The zero-order chi connectivity index (χ0) is 46.4. The van der Waals surface area contributed by atoms with Crippen LogP contribution in [0.25, 0.3) is 70.5 Å². The van der Waals surface area contributed by atoms with Gasteiger partial charge in [0.2, 0.25) is 0 Å². The topological polar surface area (TPSA) is 189 Å².